The van der Waals surface area contributed by atoms with Gasteiger partial charge in [-0.1, -0.05) is 32.5 Å². The van der Waals surface area contributed by atoms with Crippen molar-refractivity contribution in [3.8, 4) is 0 Å². The maximum absolute atomic E-state index is 4.41. The Kier molecular flexibility index (Phi) is 2.28. The lowest BCUT2D eigenvalue weighted by Crippen LogP contribution is -2.11. The van der Waals surface area contributed by atoms with E-state index in [0.717, 1.165) is 10.9 Å². The number of hydrogen-bond donors (Lipinski definition) is 1. The predicted molar refractivity (Wildman–Crippen MR) is 49.1 cm³/mol. The molecule has 0 aromatic carbocycles. The summed E-state index contributed by atoms with van der Waals surface area (Å²) >= 11 is 1.64. The highest BCUT2D eigenvalue weighted by atomic mass is 32.2. The molecule has 1 aromatic heterocycles. The lowest BCUT2D eigenvalue weighted by molar-refractivity contribution is 0.569. The number of rotatable bonds is 1. The zero-order chi connectivity index (χ0) is 8.48. The molecule has 0 spiro atoms. The fraction of sp³-hybridized carbons (Fsp3) is 0.625. The number of hydrogen-bond acceptors (Lipinski definition) is 2. The van der Waals surface area contributed by atoms with E-state index in [-0.39, 0.29) is 5.41 Å². The fourth-order valence-electron chi connectivity index (χ4n) is 0.793. The van der Waals surface area contributed by atoms with Gasteiger partial charge in [0.25, 0.3) is 0 Å². The van der Waals surface area contributed by atoms with E-state index >= 15 is 0 Å². The van der Waals surface area contributed by atoms with Crippen LogP contribution < -0.4 is 0 Å². The Morgan fingerprint density at radius 1 is 1.45 bits per heavy atom. The Hall–Kier alpha value is -0.440. The van der Waals surface area contributed by atoms with E-state index in [9.17, 15) is 0 Å². The van der Waals surface area contributed by atoms with Gasteiger partial charge < -0.3 is 4.98 Å². The highest BCUT2D eigenvalue weighted by molar-refractivity contribution is 7.98. The van der Waals surface area contributed by atoms with Crippen molar-refractivity contribution in [3.05, 3.63) is 11.9 Å². The largest absolute Gasteiger partial charge is 0.339 e. The second-order valence-electron chi connectivity index (χ2n) is 3.54. The van der Waals surface area contributed by atoms with E-state index in [1.165, 1.54) is 0 Å². The summed E-state index contributed by atoms with van der Waals surface area (Å²) in [6, 6.07) is 0. The first kappa shape index (κ1) is 8.65. The minimum absolute atomic E-state index is 0.157. The van der Waals surface area contributed by atoms with E-state index in [2.05, 4.69) is 30.7 Å². The molecule has 2 nitrogen and oxygen atoms in total. The van der Waals surface area contributed by atoms with Gasteiger partial charge in [0, 0.05) is 11.6 Å². The third kappa shape index (κ3) is 1.99. The van der Waals surface area contributed by atoms with Crippen molar-refractivity contribution in [3.63, 3.8) is 0 Å². The van der Waals surface area contributed by atoms with Crippen molar-refractivity contribution in [2.45, 2.75) is 31.3 Å². The molecule has 1 rings (SSSR count). The SMILES string of the molecule is CSc1nc(C(C)(C)C)c[nH]1. The van der Waals surface area contributed by atoms with Crippen molar-refractivity contribution in [2.75, 3.05) is 6.26 Å². The summed E-state index contributed by atoms with van der Waals surface area (Å²) in [6.07, 6.45) is 4.00. The van der Waals surface area contributed by atoms with Crippen molar-refractivity contribution in [1.29, 1.82) is 0 Å². The van der Waals surface area contributed by atoms with E-state index in [4.69, 9.17) is 0 Å². The molecule has 0 aliphatic rings. The first-order valence-corrected chi connectivity index (χ1v) is 4.86. The Balaban J connectivity index is 2.89. The second-order valence-corrected chi connectivity index (χ2v) is 4.34. The molecule has 0 unspecified atom stereocenters. The fourth-order valence-corrected chi connectivity index (χ4v) is 1.16. The highest BCUT2D eigenvalue weighted by Gasteiger charge is 2.16. The quantitative estimate of drug-likeness (QED) is 0.656. The lowest BCUT2D eigenvalue weighted by Gasteiger charge is -2.13. The first-order chi connectivity index (χ1) is 5.04. The highest BCUT2D eigenvalue weighted by Crippen LogP contribution is 2.21. The van der Waals surface area contributed by atoms with Crippen LogP contribution in [-0.2, 0) is 5.41 Å². The summed E-state index contributed by atoms with van der Waals surface area (Å²) in [6.45, 7) is 6.48. The molecule has 1 heterocycles. The minimum Gasteiger partial charge on any atom is -0.339 e. The van der Waals surface area contributed by atoms with Crippen LogP contribution in [-0.4, -0.2) is 16.2 Å². The van der Waals surface area contributed by atoms with Gasteiger partial charge in [0.2, 0.25) is 0 Å². The lowest BCUT2D eigenvalue weighted by atomic mass is 9.93. The molecule has 0 aliphatic heterocycles. The molecule has 0 amide bonds. The van der Waals surface area contributed by atoms with E-state index < -0.39 is 0 Å². The van der Waals surface area contributed by atoms with Crippen LogP contribution in [0.5, 0.6) is 0 Å². The zero-order valence-electron chi connectivity index (χ0n) is 7.43. The molecule has 0 radical (unpaired) electrons. The number of aromatic amines is 1. The maximum atomic E-state index is 4.41. The monoisotopic (exact) mass is 170 g/mol. The van der Waals surface area contributed by atoms with E-state index in [0.29, 0.717) is 0 Å². The van der Waals surface area contributed by atoms with Gasteiger partial charge in [0.15, 0.2) is 5.16 Å². The number of nitrogens with zero attached hydrogens (tertiary/aromatic N) is 1. The summed E-state index contributed by atoms with van der Waals surface area (Å²) in [4.78, 5) is 7.52. The smallest absolute Gasteiger partial charge is 0.165 e. The van der Waals surface area contributed by atoms with Gasteiger partial charge in [-0.25, -0.2) is 4.98 Å². The third-order valence-electron chi connectivity index (χ3n) is 1.52. The third-order valence-corrected chi connectivity index (χ3v) is 2.11. The van der Waals surface area contributed by atoms with Crippen molar-refractivity contribution in [1.82, 2.24) is 9.97 Å². The standard InChI is InChI=1S/C8H14N2S/c1-8(2,3)6-5-9-7(10-6)11-4/h5H,1-4H3,(H,9,10). The predicted octanol–water partition coefficient (Wildman–Crippen LogP) is 2.43. The van der Waals surface area contributed by atoms with Gasteiger partial charge in [0.1, 0.15) is 0 Å². The van der Waals surface area contributed by atoms with Crippen LogP contribution in [0.25, 0.3) is 0 Å². The van der Waals surface area contributed by atoms with E-state index in [1.54, 1.807) is 11.8 Å². The number of imidazole rings is 1. The van der Waals surface area contributed by atoms with Gasteiger partial charge in [0.05, 0.1) is 5.69 Å². The molecule has 11 heavy (non-hydrogen) atoms. The van der Waals surface area contributed by atoms with Crippen molar-refractivity contribution < 1.29 is 0 Å². The molecule has 0 atom stereocenters. The van der Waals surface area contributed by atoms with Crippen LogP contribution in [0.4, 0.5) is 0 Å². The van der Waals surface area contributed by atoms with Gasteiger partial charge in [-0.3, -0.25) is 0 Å². The average molecular weight is 170 g/mol. The molecule has 1 aromatic rings. The molecule has 0 saturated heterocycles. The molecule has 3 heteroatoms. The van der Waals surface area contributed by atoms with Crippen LogP contribution in [0.2, 0.25) is 0 Å². The molecular weight excluding hydrogens is 156 g/mol. The average Bonchev–Trinajstić information content (AvgIpc) is 2.32. The van der Waals surface area contributed by atoms with Crippen LogP contribution >= 0.6 is 11.8 Å². The molecule has 0 bridgehead atoms. The van der Waals surface area contributed by atoms with Gasteiger partial charge >= 0.3 is 0 Å². The Labute approximate surface area is 71.8 Å². The van der Waals surface area contributed by atoms with Gasteiger partial charge in [-0.05, 0) is 6.26 Å². The topological polar surface area (TPSA) is 28.7 Å². The maximum Gasteiger partial charge on any atom is 0.165 e. The van der Waals surface area contributed by atoms with Crippen LogP contribution in [0.1, 0.15) is 26.5 Å². The van der Waals surface area contributed by atoms with Gasteiger partial charge in [-0.15, -0.1) is 0 Å². The number of H-pyrrole nitrogens is 1. The number of nitrogens with one attached hydrogen (secondary N) is 1. The zero-order valence-corrected chi connectivity index (χ0v) is 8.25. The first-order valence-electron chi connectivity index (χ1n) is 3.64. The molecule has 1 N–H and O–H groups in total. The summed E-state index contributed by atoms with van der Waals surface area (Å²) in [5.41, 5.74) is 1.28. The Morgan fingerprint density at radius 2 is 2.09 bits per heavy atom. The normalized spacial score (nSPS) is 12.0. The van der Waals surface area contributed by atoms with E-state index in [1.807, 2.05) is 12.5 Å². The molecule has 62 valence electrons. The number of thioether (sulfide) groups is 1. The second kappa shape index (κ2) is 2.89. The Bertz CT molecular complexity index is 234. The van der Waals surface area contributed by atoms with Crippen molar-refractivity contribution in [2.24, 2.45) is 0 Å². The van der Waals surface area contributed by atoms with Gasteiger partial charge in [-0.2, -0.15) is 0 Å². The Morgan fingerprint density at radius 3 is 2.36 bits per heavy atom. The molecule has 0 aliphatic carbocycles. The minimum atomic E-state index is 0.157. The summed E-state index contributed by atoms with van der Waals surface area (Å²) in [5, 5.41) is 0.995. The number of aromatic nitrogens is 2. The molecule has 0 fully saturated rings. The molecular formula is C8H14N2S. The van der Waals surface area contributed by atoms with Crippen LogP contribution in [0, 0.1) is 0 Å². The summed E-state index contributed by atoms with van der Waals surface area (Å²) in [7, 11) is 0. The van der Waals surface area contributed by atoms with Crippen molar-refractivity contribution >= 4 is 11.8 Å². The molecule has 0 saturated carbocycles. The van der Waals surface area contributed by atoms with Crippen LogP contribution in [0.15, 0.2) is 11.4 Å². The summed E-state index contributed by atoms with van der Waals surface area (Å²) < 4.78 is 0. The summed E-state index contributed by atoms with van der Waals surface area (Å²) in [5.74, 6) is 0. The van der Waals surface area contributed by atoms with Crippen LogP contribution in [0.3, 0.4) is 0 Å².